The van der Waals surface area contributed by atoms with E-state index in [1.54, 1.807) is 20.8 Å². The standard InChI is InChI=1S/C15H29NO3/c1-7-15(8-2,9-3)10-12(17)11-16-13(18)19-14(4,5)6/h7-11H2,1-6H3,(H,16,18). The molecule has 0 aliphatic heterocycles. The molecule has 0 aromatic heterocycles. The summed E-state index contributed by atoms with van der Waals surface area (Å²) in [6.07, 6.45) is 2.94. The van der Waals surface area contributed by atoms with Crippen molar-refractivity contribution < 1.29 is 14.3 Å². The van der Waals surface area contributed by atoms with Crippen LogP contribution in [0, 0.1) is 5.41 Å². The molecule has 0 saturated heterocycles. The smallest absolute Gasteiger partial charge is 0.408 e. The number of rotatable bonds is 7. The van der Waals surface area contributed by atoms with Crippen LogP contribution < -0.4 is 5.32 Å². The molecule has 0 spiro atoms. The first-order valence-electron chi connectivity index (χ1n) is 7.16. The van der Waals surface area contributed by atoms with Crippen molar-refractivity contribution >= 4 is 11.9 Å². The quantitative estimate of drug-likeness (QED) is 0.768. The Morgan fingerprint density at radius 1 is 1.00 bits per heavy atom. The third-order valence-electron chi connectivity index (χ3n) is 3.65. The average Bonchev–Trinajstić information content (AvgIpc) is 2.31. The molecule has 0 aliphatic carbocycles. The maximum absolute atomic E-state index is 11.9. The summed E-state index contributed by atoms with van der Waals surface area (Å²) in [7, 11) is 0. The van der Waals surface area contributed by atoms with Crippen molar-refractivity contribution in [1.29, 1.82) is 0 Å². The van der Waals surface area contributed by atoms with Crippen LogP contribution >= 0.6 is 0 Å². The SMILES string of the molecule is CCC(CC)(CC)CC(=O)CNC(=O)OC(C)(C)C. The predicted molar refractivity (Wildman–Crippen MR) is 77.2 cm³/mol. The molecular weight excluding hydrogens is 242 g/mol. The summed E-state index contributed by atoms with van der Waals surface area (Å²) in [5, 5.41) is 2.52. The number of ether oxygens (including phenoxy) is 1. The lowest BCUT2D eigenvalue weighted by Gasteiger charge is -2.29. The summed E-state index contributed by atoms with van der Waals surface area (Å²) in [6, 6.07) is 0. The molecule has 0 aromatic carbocycles. The van der Waals surface area contributed by atoms with E-state index in [9.17, 15) is 9.59 Å². The summed E-state index contributed by atoms with van der Waals surface area (Å²) in [5.41, 5.74) is -0.458. The van der Waals surface area contributed by atoms with E-state index in [4.69, 9.17) is 4.74 Å². The van der Waals surface area contributed by atoms with Gasteiger partial charge in [0, 0.05) is 6.42 Å². The Balaban J connectivity index is 4.22. The molecule has 0 bridgehead atoms. The zero-order chi connectivity index (χ0) is 15.1. The summed E-state index contributed by atoms with van der Waals surface area (Å²) in [5.74, 6) is 0.0661. The van der Waals surface area contributed by atoms with Crippen LogP contribution in [0.3, 0.4) is 0 Å². The third kappa shape index (κ3) is 7.19. The van der Waals surface area contributed by atoms with E-state index in [2.05, 4.69) is 26.1 Å². The van der Waals surface area contributed by atoms with Gasteiger partial charge in [0.2, 0.25) is 0 Å². The number of nitrogens with one attached hydrogen (secondary N) is 1. The Morgan fingerprint density at radius 2 is 1.47 bits per heavy atom. The van der Waals surface area contributed by atoms with E-state index in [-0.39, 0.29) is 17.7 Å². The molecule has 0 radical (unpaired) electrons. The Labute approximate surface area is 117 Å². The Morgan fingerprint density at radius 3 is 1.84 bits per heavy atom. The normalized spacial score (nSPS) is 12.1. The van der Waals surface area contributed by atoms with Gasteiger partial charge in [-0.15, -0.1) is 0 Å². The van der Waals surface area contributed by atoms with Gasteiger partial charge in [0.1, 0.15) is 5.60 Å². The van der Waals surface area contributed by atoms with E-state index >= 15 is 0 Å². The molecule has 4 nitrogen and oxygen atoms in total. The van der Waals surface area contributed by atoms with Gasteiger partial charge in [-0.25, -0.2) is 4.79 Å². The number of hydrogen-bond donors (Lipinski definition) is 1. The second kappa shape index (κ2) is 7.51. The first-order valence-corrected chi connectivity index (χ1v) is 7.16. The second-order valence-corrected chi connectivity index (χ2v) is 6.13. The van der Waals surface area contributed by atoms with E-state index < -0.39 is 11.7 Å². The number of carbonyl (C=O) groups is 2. The van der Waals surface area contributed by atoms with Crippen LogP contribution in [0.25, 0.3) is 0 Å². The lowest BCUT2D eigenvalue weighted by molar-refractivity contribution is -0.120. The Bertz CT molecular complexity index is 293. The lowest BCUT2D eigenvalue weighted by atomic mass is 9.76. The van der Waals surface area contributed by atoms with E-state index in [1.807, 2.05) is 0 Å². The molecule has 0 saturated carbocycles. The fourth-order valence-corrected chi connectivity index (χ4v) is 2.09. The van der Waals surface area contributed by atoms with Crippen LogP contribution in [0.4, 0.5) is 4.79 Å². The summed E-state index contributed by atoms with van der Waals surface area (Å²) in [6.45, 7) is 11.8. The number of carbonyl (C=O) groups excluding carboxylic acids is 2. The minimum absolute atomic E-state index is 0.0522. The maximum atomic E-state index is 11.9. The van der Waals surface area contributed by atoms with Crippen molar-refractivity contribution in [1.82, 2.24) is 5.32 Å². The molecule has 0 unspecified atom stereocenters. The van der Waals surface area contributed by atoms with Crippen LogP contribution in [0.15, 0.2) is 0 Å². The molecule has 0 atom stereocenters. The molecule has 0 rings (SSSR count). The summed E-state index contributed by atoms with van der Waals surface area (Å²) >= 11 is 0. The molecule has 0 fully saturated rings. The topological polar surface area (TPSA) is 55.4 Å². The lowest BCUT2D eigenvalue weighted by Crippen LogP contribution is -2.36. The molecule has 4 heteroatoms. The number of ketones is 1. The van der Waals surface area contributed by atoms with Crippen molar-refractivity contribution in [2.24, 2.45) is 5.41 Å². The molecule has 0 aliphatic rings. The van der Waals surface area contributed by atoms with Crippen LogP contribution in [0.2, 0.25) is 0 Å². The Kier molecular flexibility index (Phi) is 7.09. The minimum atomic E-state index is -0.535. The third-order valence-corrected chi connectivity index (χ3v) is 3.65. The van der Waals surface area contributed by atoms with Crippen molar-refractivity contribution in [2.75, 3.05) is 6.54 Å². The zero-order valence-electron chi connectivity index (χ0n) is 13.3. The highest BCUT2D eigenvalue weighted by molar-refractivity contribution is 5.84. The molecule has 112 valence electrons. The number of hydrogen-bond acceptors (Lipinski definition) is 3. The van der Waals surface area contributed by atoms with Crippen molar-refractivity contribution in [3.05, 3.63) is 0 Å². The van der Waals surface area contributed by atoms with Gasteiger partial charge in [0.15, 0.2) is 5.78 Å². The molecule has 1 amide bonds. The van der Waals surface area contributed by atoms with E-state index in [1.165, 1.54) is 0 Å². The monoisotopic (exact) mass is 271 g/mol. The second-order valence-electron chi connectivity index (χ2n) is 6.13. The Hall–Kier alpha value is -1.06. The molecule has 1 N–H and O–H groups in total. The summed E-state index contributed by atoms with van der Waals surface area (Å²) in [4.78, 5) is 23.4. The van der Waals surface area contributed by atoms with Crippen LogP contribution in [-0.4, -0.2) is 24.0 Å². The van der Waals surface area contributed by atoms with Crippen molar-refractivity contribution in [2.45, 2.75) is 72.8 Å². The average molecular weight is 271 g/mol. The highest BCUT2D eigenvalue weighted by Crippen LogP contribution is 2.34. The van der Waals surface area contributed by atoms with Crippen molar-refractivity contribution in [3.8, 4) is 0 Å². The van der Waals surface area contributed by atoms with Crippen LogP contribution in [-0.2, 0) is 9.53 Å². The van der Waals surface area contributed by atoms with Gasteiger partial charge < -0.3 is 10.1 Å². The van der Waals surface area contributed by atoms with E-state index in [0.29, 0.717) is 6.42 Å². The largest absolute Gasteiger partial charge is 0.444 e. The summed E-state index contributed by atoms with van der Waals surface area (Å²) < 4.78 is 5.09. The first kappa shape index (κ1) is 17.9. The fraction of sp³-hybridized carbons (Fsp3) is 0.867. The number of amides is 1. The maximum Gasteiger partial charge on any atom is 0.408 e. The molecule has 0 aromatic rings. The number of alkyl carbamates (subject to hydrolysis) is 1. The zero-order valence-corrected chi connectivity index (χ0v) is 13.3. The molecule has 19 heavy (non-hydrogen) atoms. The predicted octanol–water partition coefficient (Wildman–Crippen LogP) is 3.69. The van der Waals surface area contributed by atoms with Gasteiger partial charge in [0.05, 0.1) is 6.54 Å². The van der Waals surface area contributed by atoms with Gasteiger partial charge in [0.25, 0.3) is 0 Å². The molecular formula is C15H29NO3. The highest BCUT2D eigenvalue weighted by atomic mass is 16.6. The van der Waals surface area contributed by atoms with Gasteiger partial charge in [-0.1, -0.05) is 40.0 Å². The van der Waals surface area contributed by atoms with Gasteiger partial charge in [-0.3, -0.25) is 4.79 Å². The number of Topliss-reactive ketones (excluding diaryl/α,β-unsaturated/α-hetero) is 1. The first-order chi connectivity index (χ1) is 8.68. The van der Waals surface area contributed by atoms with Crippen molar-refractivity contribution in [3.63, 3.8) is 0 Å². The van der Waals surface area contributed by atoms with E-state index in [0.717, 1.165) is 19.3 Å². The van der Waals surface area contributed by atoms with Crippen LogP contribution in [0.5, 0.6) is 0 Å². The minimum Gasteiger partial charge on any atom is -0.444 e. The van der Waals surface area contributed by atoms with Gasteiger partial charge in [-0.2, -0.15) is 0 Å². The highest BCUT2D eigenvalue weighted by Gasteiger charge is 2.27. The van der Waals surface area contributed by atoms with Gasteiger partial charge in [-0.05, 0) is 26.2 Å². The van der Waals surface area contributed by atoms with Gasteiger partial charge >= 0.3 is 6.09 Å². The fourth-order valence-electron chi connectivity index (χ4n) is 2.09. The molecule has 0 heterocycles. The van der Waals surface area contributed by atoms with Crippen LogP contribution in [0.1, 0.15) is 67.2 Å².